The lowest BCUT2D eigenvalue weighted by Gasteiger charge is -2.12. The fourth-order valence-corrected chi connectivity index (χ4v) is 6.62. The van der Waals surface area contributed by atoms with E-state index in [1.165, 1.54) is 28.0 Å². The smallest absolute Gasteiger partial charge is 0.272 e. The highest BCUT2D eigenvalue weighted by Gasteiger charge is 2.22. The molecule has 3 amide bonds. The van der Waals surface area contributed by atoms with Gasteiger partial charge in [-0.1, -0.05) is 54.6 Å². The van der Waals surface area contributed by atoms with Crippen LogP contribution < -0.4 is 16.0 Å². The average Bonchev–Trinajstić information content (AvgIpc) is 3.37. The second kappa shape index (κ2) is 13.8. The van der Waals surface area contributed by atoms with Crippen molar-refractivity contribution < 1.29 is 14.4 Å². The SMILES string of the molecule is N#Cc1c(NC(=O)CSc2cccc(NC(=O)/C(=C/c3ccccc3)NC(=O)c3ccccc3)c2)sc2c1CCCC2. The van der Waals surface area contributed by atoms with E-state index in [4.69, 9.17) is 0 Å². The Kier molecular flexibility index (Phi) is 9.49. The first-order valence-electron chi connectivity index (χ1n) is 13.5. The van der Waals surface area contributed by atoms with Gasteiger partial charge in [-0.25, -0.2) is 0 Å². The average molecular weight is 593 g/mol. The van der Waals surface area contributed by atoms with Crippen molar-refractivity contribution in [2.24, 2.45) is 0 Å². The Balaban J connectivity index is 1.24. The highest BCUT2D eigenvalue weighted by atomic mass is 32.2. The Morgan fingerprint density at radius 1 is 0.905 bits per heavy atom. The van der Waals surface area contributed by atoms with Crippen molar-refractivity contribution in [2.45, 2.75) is 30.6 Å². The Hall–Kier alpha value is -4.65. The number of thiophene rings is 1. The van der Waals surface area contributed by atoms with Crippen molar-refractivity contribution in [2.75, 3.05) is 16.4 Å². The van der Waals surface area contributed by atoms with Crippen LogP contribution in [0, 0.1) is 11.3 Å². The van der Waals surface area contributed by atoms with E-state index in [1.807, 2.05) is 42.5 Å². The molecule has 1 aromatic heterocycles. The highest BCUT2D eigenvalue weighted by Crippen LogP contribution is 2.37. The predicted molar refractivity (Wildman–Crippen MR) is 168 cm³/mol. The quantitative estimate of drug-likeness (QED) is 0.149. The number of anilines is 2. The molecule has 0 atom stereocenters. The summed E-state index contributed by atoms with van der Waals surface area (Å²) in [6.45, 7) is 0. The molecule has 3 aromatic carbocycles. The molecule has 0 saturated heterocycles. The summed E-state index contributed by atoms with van der Waals surface area (Å²) >= 11 is 2.84. The normalized spacial score (nSPS) is 12.5. The number of fused-ring (bicyclic) bond motifs is 1. The second-order valence-corrected chi connectivity index (χ2v) is 11.8. The van der Waals surface area contributed by atoms with Crippen molar-refractivity contribution in [3.63, 3.8) is 0 Å². The maximum atomic E-state index is 13.3. The van der Waals surface area contributed by atoms with Gasteiger partial charge in [0.15, 0.2) is 0 Å². The number of rotatable bonds is 9. The molecule has 0 spiro atoms. The zero-order chi connectivity index (χ0) is 29.3. The van der Waals surface area contributed by atoms with Gasteiger partial charge in [-0.05, 0) is 73.2 Å². The number of hydrogen-bond donors (Lipinski definition) is 3. The Bertz CT molecular complexity index is 1670. The lowest BCUT2D eigenvalue weighted by atomic mass is 9.96. The number of aryl methyl sites for hydroxylation is 1. The molecule has 7 nitrogen and oxygen atoms in total. The number of thioether (sulfide) groups is 1. The lowest BCUT2D eigenvalue weighted by molar-refractivity contribution is -0.114. The summed E-state index contributed by atoms with van der Waals surface area (Å²) in [5.74, 6) is -0.915. The van der Waals surface area contributed by atoms with Crippen LogP contribution in [-0.4, -0.2) is 23.5 Å². The van der Waals surface area contributed by atoms with Gasteiger partial charge >= 0.3 is 0 Å². The van der Waals surface area contributed by atoms with Crippen LogP contribution in [0.15, 0.2) is 95.5 Å². The number of carbonyl (C=O) groups excluding carboxylic acids is 3. The standard InChI is InChI=1S/C33H28N4O3S2/c34-20-27-26-16-7-8-17-29(26)42-33(27)37-30(38)21-41-25-15-9-14-24(19-25)35-32(40)28(18-22-10-3-1-4-11-22)36-31(39)23-12-5-2-6-13-23/h1-6,9-15,18-19H,7-8,16-17,21H2,(H,35,40)(H,36,39)(H,37,38)/b28-18-. The van der Waals surface area contributed by atoms with E-state index in [0.29, 0.717) is 21.8 Å². The minimum atomic E-state index is -0.478. The van der Waals surface area contributed by atoms with Crippen LogP contribution in [0.4, 0.5) is 10.7 Å². The molecule has 0 bridgehead atoms. The molecular weight excluding hydrogens is 565 g/mol. The fourth-order valence-electron chi connectivity index (χ4n) is 4.60. The van der Waals surface area contributed by atoms with Gasteiger partial charge < -0.3 is 16.0 Å². The summed E-state index contributed by atoms with van der Waals surface area (Å²) in [6, 6.07) is 27.4. The molecule has 210 valence electrons. The molecule has 1 heterocycles. The summed E-state index contributed by atoms with van der Waals surface area (Å²) in [5, 5.41) is 18.8. The summed E-state index contributed by atoms with van der Waals surface area (Å²) < 4.78 is 0. The fraction of sp³-hybridized carbons (Fsp3) is 0.152. The van der Waals surface area contributed by atoms with Crippen LogP contribution in [0.2, 0.25) is 0 Å². The number of nitrogens with zero attached hydrogens (tertiary/aromatic N) is 1. The highest BCUT2D eigenvalue weighted by molar-refractivity contribution is 8.00. The van der Waals surface area contributed by atoms with Crippen molar-refractivity contribution in [1.82, 2.24) is 5.32 Å². The van der Waals surface area contributed by atoms with Crippen molar-refractivity contribution >= 4 is 57.6 Å². The van der Waals surface area contributed by atoms with Crippen molar-refractivity contribution in [3.05, 3.63) is 118 Å². The minimum absolute atomic E-state index is 0.0967. The number of amides is 3. The van der Waals surface area contributed by atoms with Crippen molar-refractivity contribution in [1.29, 1.82) is 5.26 Å². The third kappa shape index (κ3) is 7.35. The monoisotopic (exact) mass is 592 g/mol. The Morgan fingerprint density at radius 2 is 1.64 bits per heavy atom. The third-order valence-corrected chi connectivity index (χ3v) is 8.84. The van der Waals surface area contributed by atoms with Gasteiger partial charge in [0, 0.05) is 21.0 Å². The largest absolute Gasteiger partial charge is 0.321 e. The summed E-state index contributed by atoms with van der Waals surface area (Å²) in [6.07, 6.45) is 5.64. The zero-order valence-electron chi connectivity index (χ0n) is 22.7. The Morgan fingerprint density at radius 3 is 2.40 bits per heavy atom. The molecule has 0 radical (unpaired) electrons. The van der Waals surface area contributed by atoms with Gasteiger partial charge in [-0.15, -0.1) is 23.1 Å². The first-order valence-corrected chi connectivity index (χ1v) is 15.3. The van der Waals surface area contributed by atoms with Crippen LogP contribution in [0.25, 0.3) is 6.08 Å². The third-order valence-electron chi connectivity index (χ3n) is 6.64. The molecule has 42 heavy (non-hydrogen) atoms. The second-order valence-electron chi connectivity index (χ2n) is 9.63. The van der Waals surface area contributed by atoms with Crippen LogP contribution in [-0.2, 0) is 22.4 Å². The van der Waals surface area contributed by atoms with Crippen LogP contribution >= 0.6 is 23.1 Å². The molecule has 1 aliphatic rings. The van der Waals surface area contributed by atoms with Gasteiger partial charge in [-0.3, -0.25) is 14.4 Å². The molecule has 3 N–H and O–H groups in total. The van der Waals surface area contributed by atoms with Crippen LogP contribution in [0.5, 0.6) is 0 Å². The van der Waals surface area contributed by atoms with E-state index in [0.717, 1.165) is 41.7 Å². The molecule has 5 rings (SSSR count). The van der Waals surface area contributed by atoms with E-state index in [-0.39, 0.29) is 17.4 Å². The van der Waals surface area contributed by atoms with E-state index in [9.17, 15) is 19.6 Å². The van der Waals surface area contributed by atoms with Gasteiger partial charge in [0.2, 0.25) is 5.91 Å². The molecule has 9 heteroatoms. The Labute approximate surface area is 252 Å². The number of nitriles is 1. The first-order chi connectivity index (χ1) is 20.5. The molecule has 4 aromatic rings. The van der Waals surface area contributed by atoms with E-state index in [2.05, 4.69) is 22.0 Å². The molecule has 0 unspecified atom stereocenters. The topological polar surface area (TPSA) is 111 Å². The number of carbonyl (C=O) groups is 3. The summed E-state index contributed by atoms with van der Waals surface area (Å²) in [7, 11) is 0. The zero-order valence-corrected chi connectivity index (χ0v) is 24.3. The molecule has 0 fully saturated rings. The van der Waals surface area contributed by atoms with Crippen molar-refractivity contribution in [3.8, 4) is 6.07 Å². The molecule has 1 aliphatic carbocycles. The first kappa shape index (κ1) is 28.9. The number of benzene rings is 3. The summed E-state index contributed by atoms with van der Waals surface area (Å²) in [4.78, 5) is 40.9. The minimum Gasteiger partial charge on any atom is -0.321 e. The van der Waals surface area contributed by atoms with Gasteiger partial charge in [-0.2, -0.15) is 5.26 Å². The lowest BCUT2D eigenvalue weighted by Crippen LogP contribution is -2.30. The molecule has 0 saturated carbocycles. The summed E-state index contributed by atoms with van der Waals surface area (Å²) in [5.41, 5.74) is 3.50. The van der Waals surface area contributed by atoms with E-state index < -0.39 is 11.8 Å². The van der Waals surface area contributed by atoms with Gasteiger partial charge in [0.1, 0.15) is 16.8 Å². The van der Waals surface area contributed by atoms with Crippen LogP contribution in [0.1, 0.15) is 44.8 Å². The maximum Gasteiger partial charge on any atom is 0.272 e. The number of hydrogen-bond acceptors (Lipinski definition) is 6. The molecule has 0 aliphatic heterocycles. The maximum absolute atomic E-state index is 13.3. The van der Waals surface area contributed by atoms with Gasteiger partial charge in [0.25, 0.3) is 11.8 Å². The van der Waals surface area contributed by atoms with E-state index in [1.54, 1.807) is 48.5 Å². The predicted octanol–water partition coefficient (Wildman–Crippen LogP) is 6.64. The van der Waals surface area contributed by atoms with Crippen LogP contribution in [0.3, 0.4) is 0 Å². The number of nitrogens with one attached hydrogen (secondary N) is 3. The molecular formula is C33H28N4O3S2. The van der Waals surface area contributed by atoms with Gasteiger partial charge in [0.05, 0.1) is 11.3 Å². The van der Waals surface area contributed by atoms with E-state index >= 15 is 0 Å².